The van der Waals surface area contributed by atoms with Crippen molar-refractivity contribution in [2.75, 3.05) is 11.9 Å². The van der Waals surface area contributed by atoms with Gasteiger partial charge in [0.15, 0.2) is 6.10 Å². The number of ether oxygens (including phenoxy) is 1. The second kappa shape index (κ2) is 9.13. The molecule has 0 saturated carbocycles. The Labute approximate surface area is 160 Å². The molecule has 0 aliphatic heterocycles. The molecule has 0 spiro atoms. The lowest BCUT2D eigenvalue weighted by molar-refractivity contribution is -0.152. The first kappa shape index (κ1) is 20.4. The van der Waals surface area contributed by atoms with Crippen LogP contribution in [0.5, 0.6) is 0 Å². The minimum atomic E-state index is -3.63. The number of sulfonamides is 1. The van der Waals surface area contributed by atoms with Crippen molar-refractivity contribution < 1.29 is 22.7 Å². The molecule has 0 aliphatic rings. The molecule has 0 saturated heterocycles. The summed E-state index contributed by atoms with van der Waals surface area (Å²) in [6.45, 7) is 1.31. The number of nitrogens with one attached hydrogen (secondary N) is 2. The minimum absolute atomic E-state index is 0.120. The van der Waals surface area contributed by atoms with Gasteiger partial charge in [-0.15, -0.1) is 11.3 Å². The van der Waals surface area contributed by atoms with Crippen LogP contribution in [0.4, 0.5) is 5.69 Å². The predicted octanol–water partition coefficient (Wildman–Crippen LogP) is 2.64. The zero-order valence-corrected chi connectivity index (χ0v) is 16.2. The van der Waals surface area contributed by atoms with E-state index in [9.17, 15) is 18.0 Å². The quantitative estimate of drug-likeness (QED) is 0.644. The van der Waals surface area contributed by atoms with Crippen LogP contribution in [0.1, 0.15) is 13.3 Å². The Morgan fingerprint density at radius 3 is 2.54 bits per heavy atom. The van der Waals surface area contributed by atoms with Crippen molar-refractivity contribution in [3.8, 4) is 0 Å². The van der Waals surface area contributed by atoms with Crippen LogP contribution in [0.2, 0.25) is 5.02 Å². The highest BCUT2D eigenvalue weighted by atomic mass is 35.5. The molecule has 10 heteroatoms. The Balaban J connectivity index is 1.76. The number of esters is 1. The Morgan fingerprint density at radius 1 is 1.23 bits per heavy atom. The molecular formula is C16H17ClN2O5S2. The Bertz CT molecular complexity index is 851. The molecule has 26 heavy (non-hydrogen) atoms. The minimum Gasteiger partial charge on any atom is -0.452 e. The molecule has 0 aliphatic carbocycles. The van der Waals surface area contributed by atoms with E-state index in [4.69, 9.17) is 16.3 Å². The van der Waals surface area contributed by atoms with Crippen molar-refractivity contribution in [2.45, 2.75) is 23.7 Å². The first-order valence-electron chi connectivity index (χ1n) is 7.57. The topological polar surface area (TPSA) is 102 Å². The van der Waals surface area contributed by atoms with Gasteiger partial charge < -0.3 is 10.1 Å². The van der Waals surface area contributed by atoms with Gasteiger partial charge in [-0.3, -0.25) is 9.59 Å². The van der Waals surface area contributed by atoms with Gasteiger partial charge in [0.25, 0.3) is 5.91 Å². The summed E-state index contributed by atoms with van der Waals surface area (Å²) >= 11 is 6.84. The van der Waals surface area contributed by atoms with Gasteiger partial charge in [-0.2, -0.15) is 0 Å². The highest BCUT2D eigenvalue weighted by Crippen LogP contribution is 2.15. The second-order valence-electron chi connectivity index (χ2n) is 5.21. The van der Waals surface area contributed by atoms with Crippen LogP contribution in [0, 0.1) is 0 Å². The van der Waals surface area contributed by atoms with Crippen molar-refractivity contribution >= 4 is 50.5 Å². The zero-order valence-electron chi connectivity index (χ0n) is 13.8. The summed E-state index contributed by atoms with van der Waals surface area (Å²) < 4.78 is 31.3. The molecular weight excluding hydrogens is 400 g/mol. The van der Waals surface area contributed by atoms with E-state index in [0.717, 1.165) is 11.3 Å². The van der Waals surface area contributed by atoms with Crippen LogP contribution in [-0.2, 0) is 24.3 Å². The van der Waals surface area contributed by atoms with E-state index < -0.39 is 28.0 Å². The third-order valence-corrected chi connectivity index (χ3v) is 6.28. The van der Waals surface area contributed by atoms with Gasteiger partial charge in [-0.25, -0.2) is 13.1 Å². The fourth-order valence-electron chi connectivity index (χ4n) is 1.86. The molecule has 1 aromatic heterocycles. The van der Waals surface area contributed by atoms with Gasteiger partial charge in [0, 0.05) is 17.3 Å². The molecule has 7 nitrogen and oxygen atoms in total. The molecule has 1 heterocycles. The van der Waals surface area contributed by atoms with E-state index in [0.29, 0.717) is 10.7 Å². The first-order valence-corrected chi connectivity index (χ1v) is 10.3. The second-order valence-corrected chi connectivity index (χ2v) is 8.59. The van der Waals surface area contributed by atoms with E-state index in [1.54, 1.807) is 35.7 Å². The van der Waals surface area contributed by atoms with Crippen molar-refractivity contribution in [1.29, 1.82) is 0 Å². The van der Waals surface area contributed by atoms with Crippen molar-refractivity contribution in [2.24, 2.45) is 0 Å². The van der Waals surface area contributed by atoms with Gasteiger partial charge in [-0.1, -0.05) is 17.7 Å². The molecule has 140 valence electrons. The summed E-state index contributed by atoms with van der Waals surface area (Å²) in [6, 6.07) is 9.56. The lowest BCUT2D eigenvalue weighted by Crippen LogP contribution is -2.31. The first-order chi connectivity index (χ1) is 12.3. The van der Waals surface area contributed by atoms with Crippen molar-refractivity contribution in [1.82, 2.24) is 4.72 Å². The molecule has 1 amide bonds. The van der Waals surface area contributed by atoms with E-state index in [2.05, 4.69) is 10.0 Å². The summed E-state index contributed by atoms with van der Waals surface area (Å²) in [4.78, 5) is 23.8. The molecule has 1 unspecified atom stereocenters. The Hall–Kier alpha value is -1.94. The van der Waals surface area contributed by atoms with Gasteiger partial charge >= 0.3 is 5.97 Å². The smallest absolute Gasteiger partial charge is 0.307 e. The number of benzene rings is 1. The van der Waals surface area contributed by atoms with Gasteiger partial charge in [-0.05, 0) is 42.6 Å². The summed E-state index contributed by atoms with van der Waals surface area (Å²) in [5.41, 5.74) is 0.519. The summed E-state index contributed by atoms with van der Waals surface area (Å²) in [5.74, 6) is -1.18. The molecule has 2 rings (SSSR count). The third-order valence-electron chi connectivity index (χ3n) is 3.17. The van der Waals surface area contributed by atoms with Crippen LogP contribution in [0.15, 0.2) is 46.0 Å². The molecule has 1 aromatic carbocycles. The van der Waals surface area contributed by atoms with E-state index in [1.807, 2.05) is 0 Å². The lowest BCUT2D eigenvalue weighted by atomic mass is 10.3. The maximum absolute atomic E-state index is 12.0. The number of carbonyl (C=O) groups excluding carboxylic acids is 2. The molecule has 2 N–H and O–H groups in total. The van der Waals surface area contributed by atoms with E-state index in [1.165, 1.54) is 13.0 Å². The SMILES string of the molecule is CC(OC(=O)CCNS(=O)(=O)c1cccs1)C(=O)Nc1ccc(Cl)cc1. The van der Waals surface area contributed by atoms with Crippen LogP contribution < -0.4 is 10.0 Å². The number of thiophene rings is 1. The maximum Gasteiger partial charge on any atom is 0.307 e. The van der Waals surface area contributed by atoms with Crippen LogP contribution in [0.25, 0.3) is 0 Å². The molecule has 2 aromatic rings. The van der Waals surface area contributed by atoms with E-state index in [-0.39, 0.29) is 17.2 Å². The molecule has 0 radical (unpaired) electrons. The predicted molar refractivity (Wildman–Crippen MR) is 99.8 cm³/mol. The number of halogens is 1. The van der Waals surface area contributed by atoms with Gasteiger partial charge in [0.1, 0.15) is 4.21 Å². The van der Waals surface area contributed by atoms with Crippen LogP contribution in [0.3, 0.4) is 0 Å². The van der Waals surface area contributed by atoms with Crippen LogP contribution in [-0.4, -0.2) is 32.9 Å². The third kappa shape index (κ3) is 6.10. The van der Waals surface area contributed by atoms with Crippen molar-refractivity contribution in [3.05, 3.63) is 46.8 Å². The van der Waals surface area contributed by atoms with Crippen molar-refractivity contribution in [3.63, 3.8) is 0 Å². The largest absolute Gasteiger partial charge is 0.452 e. The average Bonchev–Trinajstić information content (AvgIpc) is 3.12. The summed E-state index contributed by atoms with van der Waals surface area (Å²) in [6.07, 6.45) is -1.21. The number of anilines is 1. The van der Waals surface area contributed by atoms with Gasteiger partial charge in [0.2, 0.25) is 10.0 Å². The van der Waals surface area contributed by atoms with Gasteiger partial charge in [0.05, 0.1) is 6.42 Å². The number of amides is 1. The lowest BCUT2D eigenvalue weighted by Gasteiger charge is -2.13. The standard InChI is InChI=1S/C16H17ClN2O5S2/c1-11(16(21)19-13-6-4-12(17)5-7-13)24-14(20)8-9-18-26(22,23)15-3-2-10-25-15/h2-7,10-11,18H,8-9H2,1H3,(H,19,21). The number of hydrogen-bond acceptors (Lipinski definition) is 6. The number of carbonyl (C=O) groups is 2. The number of hydrogen-bond donors (Lipinski definition) is 2. The highest BCUT2D eigenvalue weighted by Gasteiger charge is 2.19. The molecule has 1 atom stereocenters. The Kier molecular flexibility index (Phi) is 7.15. The molecule has 0 fully saturated rings. The normalized spacial score (nSPS) is 12.4. The molecule has 0 bridgehead atoms. The zero-order chi connectivity index (χ0) is 19.2. The van der Waals surface area contributed by atoms with E-state index >= 15 is 0 Å². The summed E-state index contributed by atoms with van der Waals surface area (Å²) in [5, 5.41) is 4.77. The highest BCUT2D eigenvalue weighted by molar-refractivity contribution is 7.91. The average molecular weight is 417 g/mol. The fraction of sp³-hybridized carbons (Fsp3) is 0.250. The fourth-order valence-corrected chi connectivity index (χ4v) is 4.06. The number of rotatable bonds is 8. The Morgan fingerprint density at radius 2 is 1.92 bits per heavy atom. The summed E-state index contributed by atoms with van der Waals surface area (Å²) in [7, 11) is -3.63. The maximum atomic E-state index is 12.0. The van der Waals surface area contributed by atoms with Crippen LogP contribution >= 0.6 is 22.9 Å². The monoisotopic (exact) mass is 416 g/mol.